The first-order valence-electron chi connectivity index (χ1n) is 14.3. The lowest BCUT2D eigenvalue weighted by Crippen LogP contribution is -2.49. The Bertz CT molecular complexity index is 910. The second kappa shape index (κ2) is 19.2. The number of carbonyl (C=O) groups excluding carboxylic acids is 2. The third-order valence-corrected chi connectivity index (χ3v) is 6.95. The maximum Gasteiger partial charge on any atom is 0.336 e. The molecule has 0 radical (unpaired) electrons. The number of hydrogen-bond donors (Lipinski definition) is 3. The van der Waals surface area contributed by atoms with Crippen molar-refractivity contribution in [2.24, 2.45) is 5.92 Å². The van der Waals surface area contributed by atoms with Crippen molar-refractivity contribution in [2.75, 3.05) is 20.8 Å². The van der Waals surface area contributed by atoms with E-state index in [4.69, 9.17) is 9.47 Å². The molecule has 0 aliphatic carbocycles. The van der Waals surface area contributed by atoms with Gasteiger partial charge in [0.25, 0.3) is 0 Å². The van der Waals surface area contributed by atoms with Gasteiger partial charge in [-0.1, -0.05) is 63.7 Å². The minimum absolute atomic E-state index is 0.270. The minimum atomic E-state index is -2.24. The van der Waals surface area contributed by atoms with Crippen LogP contribution in [0.5, 0.6) is 11.5 Å². The molecule has 0 aliphatic rings. The summed E-state index contributed by atoms with van der Waals surface area (Å²) in [4.78, 5) is 36.5. The predicted octanol–water partition coefficient (Wildman–Crippen LogP) is 5.64. The smallest absolute Gasteiger partial charge is 0.336 e. The van der Waals surface area contributed by atoms with Crippen LogP contribution < -0.4 is 14.8 Å². The lowest BCUT2D eigenvalue weighted by atomic mass is 9.87. The van der Waals surface area contributed by atoms with Crippen molar-refractivity contribution in [3.8, 4) is 11.5 Å². The lowest BCUT2D eigenvalue weighted by Gasteiger charge is -2.25. The average Bonchev–Trinajstić information content (AvgIpc) is 2.91. The molecule has 0 unspecified atom stereocenters. The molecule has 0 spiro atoms. The Hall–Kier alpha value is -2.87. The molecule has 0 heterocycles. The van der Waals surface area contributed by atoms with Gasteiger partial charge in [-0.25, -0.2) is 4.79 Å². The number of amides is 1. The Morgan fingerprint density at radius 2 is 1.56 bits per heavy atom. The molecule has 8 nitrogen and oxygen atoms in total. The number of allylic oxidation sites excluding steroid dienone is 1. The SMILES string of the molecule is CCCCCCCC(=O)CCCCCCC=C[C@H](C(=O)NCCc1ccc(OC)c(OC)c1)[C@](C)(O)C(=O)O. The number of unbranched alkanes of at least 4 members (excludes halogenated alkanes) is 8. The number of benzene rings is 1. The van der Waals surface area contributed by atoms with Crippen LogP contribution in [0.4, 0.5) is 0 Å². The fraction of sp³-hybridized carbons (Fsp3) is 0.645. The summed E-state index contributed by atoms with van der Waals surface area (Å²) in [5, 5.41) is 22.8. The summed E-state index contributed by atoms with van der Waals surface area (Å²) in [6.45, 7) is 3.59. The zero-order chi connectivity index (χ0) is 29.1. The van der Waals surface area contributed by atoms with E-state index in [2.05, 4.69) is 12.2 Å². The average molecular weight is 548 g/mol. The summed E-state index contributed by atoms with van der Waals surface area (Å²) in [6, 6.07) is 5.47. The Balaban J connectivity index is 2.46. The van der Waals surface area contributed by atoms with Crippen LogP contribution in [0, 0.1) is 5.92 Å². The van der Waals surface area contributed by atoms with Crippen LogP contribution in [0.25, 0.3) is 0 Å². The first-order valence-corrected chi connectivity index (χ1v) is 14.3. The molecule has 1 amide bonds. The number of carbonyl (C=O) groups is 3. The molecule has 0 saturated heterocycles. The Labute approximate surface area is 234 Å². The van der Waals surface area contributed by atoms with Crippen LogP contribution in [0.15, 0.2) is 30.4 Å². The molecule has 39 heavy (non-hydrogen) atoms. The first kappa shape index (κ1) is 34.2. The number of Topliss-reactive ketones (excluding diaryl/α,β-unsaturated/α-hetero) is 1. The monoisotopic (exact) mass is 547 g/mol. The molecular weight excluding hydrogens is 498 g/mol. The van der Waals surface area contributed by atoms with Gasteiger partial charge >= 0.3 is 5.97 Å². The summed E-state index contributed by atoms with van der Waals surface area (Å²) >= 11 is 0. The highest BCUT2D eigenvalue weighted by atomic mass is 16.5. The minimum Gasteiger partial charge on any atom is -0.493 e. The molecule has 3 N–H and O–H groups in total. The van der Waals surface area contributed by atoms with Crippen molar-refractivity contribution in [1.82, 2.24) is 5.32 Å². The highest BCUT2D eigenvalue weighted by Gasteiger charge is 2.42. The quantitative estimate of drug-likeness (QED) is 0.127. The van der Waals surface area contributed by atoms with E-state index in [-0.39, 0.29) is 6.54 Å². The van der Waals surface area contributed by atoms with Crippen LogP contribution in [0.2, 0.25) is 0 Å². The summed E-state index contributed by atoms with van der Waals surface area (Å²) in [5.41, 5.74) is -1.32. The topological polar surface area (TPSA) is 122 Å². The molecule has 0 aliphatic heterocycles. The van der Waals surface area contributed by atoms with Crippen LogP contribution in [0.3, 0.4) is 0 Å². The Morgan fingerprint density at radius 1 is 0.949 bits per heavy atom. The molecule has 0 bridgehead atoms. The summed E-state index contributed by atoms with van der Waals surface area (Å²) < 4.78 is 10.5. The third kappa shape index (κ3) is 13.2. The largest absolute Gasteiger partial charge is 0.493 e. The van der Waals surface area contributed by atoms with Crippen molar-refractivity contribution in [1.29, 1.82) is 0 Å². The van der Waals surface area contributed by atoms with E-state index in [1.807, 2.05) is 12.1 Å². The molecule has 8 heteroatoms. The van der Waals surface area contributed by atoms with Crippen LogP contribution in [-0.2, 0) is 20.8 Å². The van der Waals surface area contributed by atoms with Crippen molar-refractivity contribution >= 4 is 17.7 Å². The molecular formula is C31H49NO7. The van der Waals surface area contributed by atoms with E-state index in [1.54, 1.807) is 26.4 Å². The summed E-state index contributed by atoms with van der Waals surface area (Å²) in [5.74, 6) is -1.69. The molecule has 1 aromatic carbocycles. The molecule has 0 aromatic heterocycles. The molecule has 0 fully saturated rings. The van der Waals surface area contributed by atoms with Gasteiger partial charge < -0.3 is 25.0 Å². The van der Waals surface area contributed by atoms with Crippen molar-refractivity contribution in [3.63, 3.8) is 0 Å². The highest BCUT2D eigenvalue weighted by Crippen LogP contribution is 2.27. The number of rotatable bonds is 22. The van der Waals surface area contributed by atoms with Crippen molar-refractivity contribution < 1.29 is 34.1 Å². The van der Waals surface area contributed by atoms with Gasteiger partial charge in [-0.15, -0.1) is 0 Å². The Morgan fingerprint density at radius 3 is 2.15 bits per heavy atom. The van der Waals surface area contributed by atoms with Crippen LogP contribution in [-0.4, -0.2) is 54.2 Å². The van der Waals surface area contributed by atoms with Crippen molar-refractivity contribution in [2.45, 2.75) is 103 Å². The van der Waals surface area contributed by atoms with Crippen LogP contribution >= 0.6 is 0 Å². The zero-order valence-corrected chi connectivity index (χ0v) is 24.3. The second-order valence-corrected chi connectivity index (χ2v) is 10.2. The number of methoxy groups -OCH3 is 2. The van der Waals surface area contributed by atoms with Gasteiger partial charge in [0.1, 0.15) is 5.78 Å². The predicted molar refractivity (Wildman–Crippen MR) is 153 cm³/mol. The Kier molecular flexibility index (Phi) is 16.8. The number of nitrogens with one attached hydrogen (secondary N) is 1. The maximum absolute atomic E-state index is 12.8. The number of ether oxygens (including phenoxy) is 2. The van der Waals surface area contributed by atoms with Gasteiger partial charge in [0.2, 0.25) is 5.91 Å². The molecule has 220 valence electrons. The van der Waals surface area contributed by atoms with Gasteiger partial charge in [-0.05, 0) is 56.7 Å². The van der Waals surface area contributed by atoms with Gasteiger partial charge in [-0.3, -0.25) is 9.59 Å². The highest BCUT2D eigenvalue weighted by molar-refractivity contribution is 5.90. The summed E-state index contributed by atoms with van der Waals surface area (Å²) in [7, 11) is 3.10. The maximum atomic E-state index is 12.8. The lowest BCUT2D eigenvalue weighted by molar-refractivity contribution is -0.163. The number of hydrogen-bond acceptors (Lipinski definition) is 6. The van der Waals surface area contributed by atoms with Gasteiger partial charge in [0, 0.05) is 19.4 Å². The number of aliphatic hydroxyl groups is 1. The number of aliphatic carboxylic acids is 1. The van der Waals surface area contributed by atoms with E-state index in [0.29, 0.717) is 43.0 Å². The second-order valence-electron chi connectivity index (χ2n) is 10.2. The van der Waals surface area contributed by atoms with Gasteiger partial charge in [0.05, 0.1) is 20.1 Å². The van der Waals surface area contributed by atoms with Crippen LogP contribution in [0.1, 0.15) is 96.5 Å². The molecule has 0 saturated carbocycles. The van der Waals surface area contributed by atoms with E-state index >= 15 is 0 Å². The number of carboxylic acids is 1. The summed E-state index contributed by atoms with van der Waals surface area (Å²) in [6.07, 6.45) is 15.2. The number of ketones is 1. The molecule has 1 rings (SSSR count). The van der Waals surface area contributed by atoms with E-state index in [0.717, 1.165) is 51.0 Å². The number of carboxylic acid groups (broad SMARTS) is 1. The fourth-order valence-corrected chi connectivity index (χ4v) is 4.36. The fourth-order valence-electron chi connectivity index (χ4n) is 4.36. The van der Waals surface area contributed by atoms with E-state index in [9.17, 15) is 24.6 Å². The first-order chi connectivity index (χ1) is 18.7. The van der Waals surface area contributed by atoms with Gasteiger partial charge in [0.15, 0.2) is 17.1 Å². The normalized spacial score (nSPS) is 13.6. The van der Waals surface area contributed by atoms with Crippen molar-refractivity contribution in [3.05, 3.63) is 35.9 Å². The molecule has 2 atom stereocenters. The van der Waals surface area contributed by atoms with E-state index in [1.165, 1.54) is 25.3 Å². The standard InChI is InChI=1S/C31H49NO7/c1-5-6-7-10-13-16-25(33)17-14-11-8-9-12-15-18-26(31(2,37)30(35)36)29(34)32-22-21-24-19-20-27(38-3)28(23-24)39-4/h15,18-20,23,26,37H,5-14,16-17,21-22H2,1-4H3,(H,32,34)(H,35,36)/t26-,31+/m1/s1. The molecule has 1 aromatic rings. The van der Waals surface area contributed by atoms with Gasteiger partial charge in [-0.2, -0.15) is 0 Å². The van der Waals surface area contributed by atoms with E-state index < -0.39 is 23.4 Å². The third-order valence-electron chi connectivity index (χ3n) is 6.95. The zero-order valence-electron chi connectivity index (χ0n) is 24.3.